The third kappa shape index (κ3) is 3.95. The number of carbonyl (C=O) groups excluding carboxylic acids is 2. The number of nitro benzene ring substituents is 1. The first-order valence-electron chi connectivity index (χ1n) is 10.8. The van der Waals surface area contributed by atoms with Crippen LogP contribution in [0.5, 0.6) is 5.75 Å². The minimum absolute atomic E-state index is 0.0668. The van der Waals surface area contributed by atoms with Gasteiger partial charge in [-0.25, -0.2) is 4.90 Å². The third-order valence-corrected chi connectivity index (χ3v) is 5.93. The lowest BCUT2D eigenvalue weighted by atomic mass is 9.97. The summed E-state index contributed by atoms with van der Waals surface area (Å²) in [5.74, 6) is 0.414. The highest BCUT2D eigenvalue weighted by Crippen LogP contribution is 2.37. The molecule has 166 valence electrons. The molecule has 2 aromatic carbocycles. The second kappa shape index (κ2) is 8.82. The van der Waals surface area contributed by atoms with Gasteiger partial charge in [0.05, 0.1) is 22.8 Å². The number of non-ortho nitro benzene ring substituents is 1. The molecule has 1 fully saturated rings. The SMILES string of the molecule is CCOc1ccc(N2C(=O)C(c3ccc([N+](=O)[O-])cc3)=C(N3CCC(C)CC3)C2=O)cc1. The minimum Gasteiger partial charge on any atom is -0.494 e. The molecule has 0 radical (unpaired) electrons. The van der Waals surface area contributed by atoms with Crippen LogP contribution in [-0.2, 0) is 9.59 Å². The lowest BCUT2D eigenvalue weighted by molar-refractivity contribution is -0.384. The number of nitrogens with zero attached hydrogens (tertiary/aromatic N) is 3. The van der Waals surface area contributed by atoms with Gasteiger partial charge in [-0.05, 0) is 67.6 Å². The van der Waals surface area contributed by atoms with E-state index in [0.29, 0.717) is 48.3 Å². The number of rotatable bonds is 6. The van der Waals surface area contributed by atoms with Crippen molar-refractivity contribution in [3.05, 3.63) is 69.9 Å². The highest BCUT2D eigenvalue weighted by atomic mass is 16.6. The van der Waals surface area contributed by atoms with E-state index in [1.165, 1.54) is 29.2 Å². The molecule has 8 nitrogen and oxygen atoms in total. The van der Waals surface area contributed by atoms with Gasteiger partial charge in [0.1, 0.15) is 11.4 Å². The number of ether oxygens (including phenoxy) is 1. The van der Waals surface area contributed by atoms with Crippen LogP contribution in [0.25, 0.3) is 5.57 Å². The molecule has 0 N–H and O–H groups in total. The Morgan fingerprint density at radius 2 is 1.62 bits per heavy atom. The van der Waals surface area contributed by atoms with Crippen LogP contribution in [0, 0.1) is 16.0 Å². The van der Waals surface area contributed by atoms with Crippen LogP contribution in [0.3, 0.4) is 0 Å². The number of imide groups is 1. The average molecular weight is 435 g/mol. The molecule has 4 rings (SSSR count). The maximum Gasteiger partial charge on any atom is 0.282 e. The van der Waals surface area contributed by atoms with E-state index in [4.69, 9.17) is 4.74 Å². The molecule has 0 atom stereocenters. The Bertz CT molecular complexity index is 1070. The van der Waals surface area contributed by atoms with Crippen molar-refractivity contribution in [2.24, 2.45) is 5.92 Å². The third-order valence-electron chi connectivity index (χ3n) is 5.93. The molecule has 0 aliphatic carbocycles. The van der Waals surface area contributed by atoms with Gasteiger partial charge in [0, 0.05) is 25.2 Å². The van der Waals surface area contributed by atoms with Crippen LogP contribution < -0.4 is 9.64 Å². The van der Waals surface area contributed by atoms with E-state index in [9.17, 15) is 19.7 Å². The van der Waals surface area contributed by atoms with E-state index >= 15 is 0 Å². The van der Waals surface area contributed by atoms with Crippen LogP contribution in [0.2, 0.25) is 0 Å². The summed E-state index contributed by atoms with van der Waals surface area (Å²) in [6.45, 7) is 5.95. The van der Waals surface area contributed by atoms with Crippen molar-refractivity contribution < 1.29 is 19.2 Å². The number of hydrogen-bond acceptors (Lipinski definition) is 6. The molecule has 2 heterocycles. The fourth-order valence-electron chi connectivity index (χ4n) is 4.15. The molecule has 2 aromatic rings. The standard InChI is InChI=1S/C24H25N3O5/c1-3-32-20-10-8-18(9-11-20)26-23(28)21(17-4-6-19(7-5-17)27(30)31)22(24(26)29)25-14-12-16(2)13-15-25/h4-11,16H,3,12-15H2,1-2H3. The number of piperidine rings is 1. The van der Waals surface area contributed by atoms with E-state index in [-0.39, 0.29) is 17.2 Å². The summed E-state index contributed by atoms with van der Waals surface area (Å²) in [6.07, 6.45) is 1.86. The Kier molecular flexibility index (Phi) is 5.94. The normalized spacial score (nSPS) is 17.3. The number of amides is 2. The van der Waals surface area contributed by atoms with Crippen LogP contribution in [0.15, 0.2) is 54.2 Å². The average Bonchev–Trinajstić information content (AvgIpc) is 3.05. The molecule has 0 bridgehead atoms. The summed E-state index contributed by atoms with van der Waals surface area (Å²) < 4.78 is 5.46. The number of hydrogen-bond donors (Lipinski definition) is 0. The molecule has 2 aliphatic rings. The topological polar surface area (TPSA) is 93.0 Å². The molecule has 1 saturated heterocycles. The monoisotopic (exact) mass is 435 g/mol. The maximum absolute atomic E-state index is 13.5. The Morgan fingerprint density at radius 3 is 2.19 bits per heavy atom. The molecule has 2 amide bonds. The highest BCUT2D eigenvalue weighted by Gasteiger charge is 2.43. The first-order valence-corrected chi connectivity index (χ1v) is 10.8. The molecule has 0 spiro atoms. The predicted molar refractivity (Wildman–Crippen MR) is 120 cm³/mol. The largest absolute Gasteiger partial charge is 0.494 e. The summed E-state index contributed by atoms with van der Waals surface area (Å²) in [6, 6.07) is 12.6. The molecule has 0 saturated carbocycles. The Balaban J connectivity index is 1.75. The summed E-state index contributed by atoms with van der Waals surface area (Å²) in [7, 11) is 0. The molecule has 0 aromatic heterocycles. The van der Waals surface area contributed by atoms with E-state index in [2.05, 4.69) is 6.92 Å². The summed E-state index contributed by atoms with van der Waals surface area (Å²) in [4.78, 5) is 40.8. The fraction of sp³-hybridized carbons (Fsp3) is 0.333. The van der Waals surface area contributed by atoms with Crippen molar-refractivity contribution in [1.82, 2.24) is 4.90 Å². The summed E-state index contributed by atoms with van der Waals surface area (Å²) in [5.41, 5.74) is 1.54. The smallest absolute Gasteiger partial charge is 0.282 e. The second-order valence-electron chi connectivity index (χ2n) is 8.07. The molecule has 8 heteroatoms. The Morgan fingerprint density at radius 1 is 1.00 bits per heavy atom. The first-order chi connectivity index (χ1) is 15.4. The van der Waals surface area contributed by atoms with E-state index in [1.54, 1.807) is 24.3 Å². The van der Waals surface area contributed by atoms with Gasteiger partial charge in [0.2, 0.25) is 0 Å². The first kappa shape index (κ1) is 21.5. The number of benzene rings is 2. The van der Waals surface area contributed by atoms with Crippen LogP contribution in [0.1, 0.15) is 32.3 Å². The quantitative estimate of drug-likeness (QED) is 0.387. The van der Waals surface area contributed by atoms with E-state index in [0.717, 1.165) is 12.8 Å². The lowest BCUT2D eigenvalue weighted by Crippen LogP contribution is -2.38. The van der Waals surface area contributed by atoms with Gasteiger partial charge in [-0.1, -0.05) is 6.92 Å². The van der Waals surface area contributed by atoms with Gasteiger partial charge in [-0.15, -0.1) is 0 Å². The van der Waals surface area contributed by atoms with Gasteiger partial charge in [0.25, 0.3) is 17.5 Å². The number of likely N-dealkylation sites (tertiary alicyclic amines) is 1. The van der Waals surface area contributed by atoms with Crippen molar-refractivity contribution in [2.75, 3.05) is 24.6 Å². The maximum atomic E-state index is 13.5. The van der Waals surface area contributed by atoms with E-state index in [1.807, 2.05) is 11.8 Å². The van der Waals surface area contributed by atoms with Gasteiger partial charge in [-0.2, -0.15) is 0 Å². The van der Waals surface area contributed by atoms with E-state index < -0.39 is 10.8 Å². The predicted octanol–water partition coefficient (Wildman–Crippen LogP) is 4.01. The van der Waals surface area contributed by atoms with Crippen LogP contribution in [-0.4, -0.2) is 41.3 Å². The Labute approximate surface area is 186 Å². The van der Waals surface area contributed by atoms with Gasteiger partial charge >= 0.3 is 0 Å². The Hall–Kier alpha value is -3.68. The van der Waals surface area contributed by atoms with Gasteiger partial charge in [0.15, 0.2) is 0 Å². The number of carbonyl (C=O) groups is 2. The van der Waals surface area contributed by atoms with Crippen molar-refractivity contribution in [3.63, 3.8) is 0 Å². The zero-order valence-corrected chi connectivity index (χ0v) is 18.1. The molecular weight excluding hydrogens is 410 g/mol. The van der Waals surface area contributed by atoms with Gasteiger partial charge in [-0.3, -0.25) is 19.7 Å². The molecule has 32 heavy (non-hydrogen) atoms. The summed E-state index contributed by atoms with van der Waals surface area (Å²) >= 11 is 0. The minimum atomic E-state index is -0.487. The highest BCUT2D eigenvalue weighted by molar-refractivity contribution is 6.45. The van der Waals surface area contributed by atoms with Crippen molar-refractivity contribution >= 4 is 28.8 Å². The van der Waals surface area contributed by atoms with Crippen molar-refractivity contribution in [1.29, 1.82) is 0 Å². The van der Waals surface area contributed by atoms with Crippen LogP contribution >= 0.6 is 0 Å². The van der Waals surface area contributed by atoms with Crippen LogP contribution in [0.4, 0.5) is 11.4 Å². The number of anilines is 1. The lowest BCUT2D eigenvalue weighted by Gasteiger charge is -2.32. The van der Waals surface area contributed by atoms with Crippen molar-refractivity contribution in [3.8, 4) is 5.75 Å². The van der Waals surface area contributed by atoms with Gasteiger partial charge < -0.3 is 9.64 Å². The number of nitro groups is 1. The van der Waals surface area contributed by atoms with Crippen molar-refractivity contribution in [2.45, 2.75) is 26.7 Å². The summed E-state index contributed by atoms with van der Waals surface area (Å²) in [5, 5.41) is 11.0. The molecule has 2 aliphatic heterocycles. The molecular formula is C24H25N3O5. The fourth-order valence-corrected chi connectivity index (χ4v) is 4.15. The second-order valence-corrected chi connectivity index (χ2v) is 8.07. The molecule has 0 unspecified atom stereocenters. The zero-order chi connectivity index (χ0) is 22.8. The zero-order valence-electron chi connectivity index (χ0n) is 18.1.